The Morgan fingerprint density at radius 2 is 2.10 bits per heavy atom. The first kappa shape index (κ1) is 15.6. The molecular weight excluding hydrogens is 290 g/mol. The molecular formula is C15H18ClN3O2. The van der Waals surface area contributed by atoms with Crippen molar-refractivity contribution in [3.05, 3.63) is 34.3 Å². The lowest BCUT2D eigenvalue weighted by Crippen LogP contribution is -2.48. The molecule has 1 fully saturated rings. The first-order valence-electron chi connectivity index (χ1n) is 6.96. The van der Waals surface area contributed by atoms with Crippen molar-refractivity contribution in [2.45, 2.75) is 13.5 Å². The van der Waals surface area contributed by atoms with Gasteiger partial charge in [-0.05, 0) is 24.6 Å². The fourth-order valence-electron chi connectivity index (χ4n) is 2.29. The zero-order valence-corrected chi connectivity index (χ0v) is 12.8. The Balaban J connectivity index is 1.89. The molecule has 6 heteroatoms. The zero-order chi connectivity index (χ0) is 15.2. The van der Waals surface area contributed by atoms with E-state index in [0.717, 1.165) is 25.2 Å². The van der Waals surface area contributed by atoms with Gasteiger partial charge in [0.25, 0.3) is 0 Å². The summed E-state index contributed by atoms with van der Waals surface area (Å²) in [6.45, 7) is 5.83. The van der Waals surface area contributed by atoms with Crippen LogP contribution < -0.4 is 0 Å². The Hall–Kier alpha value is -1.77. The van der Waals surface area contributed by atoms with E-state index in [1.54, 1.807) is 24.0 Å². The van der Waals surface area contributed by atoms with Crippen molar-refractivity contribution in [1.82, 2.24) is 9.80 Å². The number of nitriles is 1. The van der Waals surface area contributed by atoms with E-state index in [2.05, 4.69) is 11.0 Å². The minimum absolute atomic E-state index is 0.242. The third-order valence-electron chi connectivity index (χ3n) is 3.47. The number of hydrogen-bond acceptors (Lipinski definition) is 4. The first-order chi connectivity index (χ1) is 10.1. The summed E-state index contributed by atoms with van der Waals surface area (Å²) in [5.74, 6) is 0. The number of rotatable bonds is 3. The third kappa shape index (κ3) is 4.10. The Bertz CT molecular complexity index is 548. The summed E-state index contributed by atoms with van der Waals surface area (Å²) in [7, 11) is 0. The van der Waals surface area contributed by atoms with E-state index < -0.39 is 0 Å². The highest BCUT2D eigenvalue weighted by molar-refractivity contribution is 6.31. The van der Waals surface area contributed by atoms with Gasteiger partial charge in [-0.3, -0.25) is 4.90 Å². The highest BCUT2D eigenvalue weighted by Gasteiger charge is 2.22. The maximum Gasteiger partial charge on any atom is 0.409 e. The van der Waals surface area contributed by atoms with Crippen molar-refractivity contribution in [1.29, 1.82) is 5.26 Å². The summed E-state index contributed by atoms with van der Waals surface area (Å²) in [4.78, 5) is 15.6. The second-order valence-electron chi connectivity index (χ2n) is 4.88. The number of nitrogens with zero attached hydrogens (tertiary/aromatic N) is 3. The molecule has 0 N–H and O–H groups in total. The molecule has 21 heavy (non-hydrogen) atoms. The molecule has 0 atom stereocenters. The Morgan fingerprint density at radius 1 is 1.38 bits per heavy atom. The minimum Gasteiger partial charge on any atom is -0.450 e. The molecule has 0 bridgehead atoms. The van der Waals surface area contributed by atoms with Crippen molar-refractivity contribution in [3.63, 3.8) is 0 Å². The van der Waals surface area contributed by atoms with Gasteiger partial charge in [0.05, 0.1) is 18.2 Å². The minimum atomic E-state index is -0.242. The van der Waals surface area contributed by atoms with Crippen molar-refractivity contribution in [2.24, 2.45) is 0 Å². The van der Waals surface area contributed by atoms with E-state index in [0.29, 0.717) is 30.3 Å². The van der Waals surface area contributed by atoms with Crippen LogP contribution in [0.15, 0.2) is 18.2 Å². The number of hydrogen-bond donors (Lipinski definition) is 0. The van der Waals surface area contributed by atoms with Gasteiger partial charge >= 0.3 is 6.09 Å². The van der Waals surface area contributed by atoms with Crippen LogP contribution in [0.2, 0.25) is 5.02 Å². The second kappa shape index (κ2) is 7.30. The molecule has 0 aromatic heterocycles. The van der Waals surface area contributed by atoms with Crippen LogP contribution in [-0.2, 0) is 11.3 Å². The van der Waals surface area contributed by atoms with Crippen LogP contribution in [0.5, 0.6) is 0 Å². The van der Waals surface area contributed by atoms with Gasteiger partial charge < -0.3 is 9.64 Å². The standard InChI is InChI=1S/C15H18ClN3O2/c1-2-21-15(20)19-7-5-18(6-8-19)11-13-4-3-12(10-17)9-14(13)16/h3-4,9H,2,5-8,11H2,1H3. The molecule has 0 aliphatic carbocycles. The first-order valence-corrected chi connectivity index (χ1v) is 7.34. The molecule has 1 aliphatic heterocycles. The average Bonchev–Trinajstić information content (AvgIpc) is 2.50. The molecule has 1 heterocycles. The highest BCUT2D eigenvalue weighted by Crippen LogP contribution is 2.20. The smallest absolute Gasteiger partial charge is 0.409 e. The molecule has 0 saturated carbocycles. The summed E-state index contributed by atoms with van der Waals surface area (Å²) in [5.41, 5.74) is 1.57. The summed E-state index contributed by atoms with van der Waals surface area (Å²) >= 11 is 6.19. The Kier molecular flexibility index (Phi) is 5.43. The van der Waals surface area contributed by atoms with Crippen molar-refractivity contribution < 1.29 is 9.53 Å². The Morgan fingerprint density at radius 3 is 2.67 bits per heavy atom. The molecule has 1 amide bonds. The van der Waals surface area contributed by atoms with Gasteiger partial charge in [0.2, 0.25) is 0 Å². The normalized spacial score (nSPS) is 15.6. The van der Waals surface area contributed by atoms with Crippen LogP contribution in [0.25, 0.3) is 0 Å². The third-order valence-corrected chi connectivity index (χ3v) is 3.83. The van der Waals surface area contributed by atoms with Gasteiger partial charge in [0.15, 0.2) is 0 Å². The van der Waals surface area contributed by atoms with E-state index in [1.807, 2.05) is 6.07 Å². The number of amides is 1. The average molecular weight is 308 g/mol. The van der Waals surface area contributed by atoms with Gasteiger partial charge in [-0.15, -0.1) is 0 Å². The predicted molar refractivity (Wildman–Crippen MR) is 80.0 cm³/mol. The maximum atomic E-state index is 11.6. The molecule has 0 radical (unpaired) electrons. The van der Waals surface area contributed by atoms with E-state index >= 15 is 0 Å². The molecule has 2 rings (SSSR count). The fourth-order valence-corrected chi connectivity index (χ4v) is 2.53. The lowest BCUT2D eigenvalue weighted by Gasteiger charge is -2.34. The summed E-state index contributed by atoms with van der Waals surface area (Å²) in [6, 6.07) is 7.42. The fraction of sp³-hybridized carbons (Fsp3) is 0.467. The molecule has 1 saturated heterocycles. The number of halogens is 1. The maximum absolute atomic E-state index is 11.6. The zero-order valence-electron chi connectivity index (χ0n) is 12.0. The lowest BCUT2D eigenvalue weighted by atomic mass is 10.1. The summed E-state index contributed by atoms with van der Waals surface area (Å²) < 4.78 is 5.00. The number of carbonyl (C=O) groups excluding carboxylic acids is 1. The monoisotopic (exact) mass is 307 g/mol. The number of piperazine rings is 1. The largest absolute Gasteiger partial charge is 0.450 e. The molecule has 1 aromatic rings. The van der Waals surface area contributed by atoms with Gasteiger partial charge in [-0.25, -0.2) is 4.79 Å². The summed E-state index contributed by atoms with van der Waals surface area (Å²) in [6.07, 6.45) is -0.242. The number of benzene rings is 1. The summed E-state index contributed by atoms with van der Waals surface area (Å²) in [5, 5.41) is 9.44. The molecule has 0 spiro atoms. The van der Waals surface area contributed by atoms with E-state index in [9.17, 15) is 4.79 Å². The molecule has 1 aliphatic rings. The van der Waals surface area contributed by atoms with Crippen molar-refractivity contribution in [3.8, 4) is 6.07 Å². The van der Waals surface area contributed by atoms with Gasteiger partial charge in [0, 0.05) is 37.7 Å². The molecule has 112 valence electrons. The topological polar surface area (TPSA) is 56.6 Å². The van der Waals surface area contributed by atoms with Gasteiger partial charge in [0.1, 0.15) is 0 Å². The Labute approximate surface area is 129 Å². The van der Waals surface area contributed by atoms with Crippen molar-refractivity contribution in [2.75, 3.05) is 32.8 Å². The van der Waals surface area contributed by atoms with E-state index in [-0.39, 0.29) is 6.09 Å². The predicted octanol–water partition coefficient (Wildman–Crippen LogP) is 2.49. The molecule has 5 nitrogen and oxygen atoms in total. The highest BCUT2D eigenvalue weighted by atomic mass is 35.5. The number of carbonyl (C=O) groups is 1. The number of ether oxygens (including phenoxy) is 1. The van der Waals surface area contributed by atoms with Crippen LogP contribution >= 0.6 is 11.6 Å². The SMILES string of the molecule is CCOC(=O)N1CCN(Cc2ccc(C#N)cc2Cl)CC1. The second-order valence-corrected chi connectivity index (χ2v) is 5.29. The molecule has 1 aromatic carbocycles. The quantitative estimate of drug-likeness (QED) is 0.861. The van der Waals surface area contributed by atoms with Crippen LogP contribution in [-0.4, -0.2) is 48.7 Å². The van der Waals surface area contributed by atoms with Crippen LogP contribution in [0.3, 0.4) is 0 Å². The van der Waals surface area contributed by atoms with Crippen LogP contribution in [0.4, 0.5) is 4.79 Å². The van der Waals surface area contributed by atoms with Crippen LogP contribution in [0, 0.1) is 11.3 Å². The van der Waals surface area contributed by atoms with E-state index in [1.165, 1.54) is 0 Å². The molecule has 0 unspecified atom stereocenters. The van der Waals surface area contributed by atoms with Crippen molar-refractivity contribution >= 4 is 17.7 Å². The lowest BCUT2D eigenvalue weighted by molar-refractivity contribution is 0.0778. The van der Waals surface area contributed by atoms with Gasteiger partial charge in [-0.2, -0.15) is 5.26 Å². The van der Waals surface area contributed by atoms with Crippen LogP contribution in [0.1, 0.15) is 18.1 Å². The van der Waals surface area contributed by atoms with E-state index in [4.69, 9.17) is 21.6 Å². The van der Waals surface area contributed by atoms with Gasteiger partial charge in [-0.1, -0.05) is 17.7 Å².